The van der Waals surface area contributed by atoms with E-state index in [1.807, 2.05) is 0 Å². The van der Waals surface area contributed by atoms with Gasteiger partial charge in [-0.3, -0.25) is 4.79 Å². The molecule has 4 rings (SSSR count). The summed E-state index contributed by atoms with van der Waals surface area (Å²) in [7, 11) is 0. The molecule has 1 aliphatic heterocycles. The first-order valence-electron chi connectivity index (χ1n) is 8.15. The zero-order valence-electron chi connectivity index (χ0n) is 14.2. The van der Waals surface area contributed by atoms with Gasteiger partial charge in [0.05, 0.1) is 22.4 Å². The lowest BCUT2D eigenvalue weighted by Crippen LogP contribution is -2.15. The number of hydrogen-bond donors (Lipinski definition) is 1. The second kappa shape index (κ2) is 6.77. The minimum Gasteiger partial charge on any atom is -0.310 e. The van der Waals surface area contributed by atoms with Gasteiger partial charge in [0.15, 0.2) is 0 Å². The van der Waals surface area contributed by atoms with Crippen molar-refractivity contribution in [2.24, 2.45) is 0 Å². The number of rotatable bonds is 2. The average molecular weight is 389 g/mol. The lowest BCUT2D eigenvalue weighted by Gasteiger charge is -2.15. The van der Waals surface area contributed by atoms with Gasteiger partial charge in [-0.15, -0.1) is 11.8 Å². The number of amides is 1. The fraction of sp³-hybridized carbons (Fsp3) is 0.158. The Morgan fingerprint density at radius 2 is 1.74 bits per heavy atom. The van der Waals surface area contributed by atoms with E-state index in [0.717, 1.165) is 6.07 Å². The maximum Gasteiger partial charge on any atom is 0.235 e. The molecule has 8 heteroatoms. The molecule has 1 aromatic heterocycles. The van der Waals surface area contributed by atoms with E-state index in [2.05, 4.69) is 10.4 Å². The number of anilines is 1. The van der Waals surface area contributed by atoms with Crippen molar-refractivity contribution in [2.45, 2.75) is 12.2 Å². The summed E-state index contributed by atoms with van der Waals surface area (Å²) in [6.45, 7) is 1.76. The van der Waals surface area contributed by atoms with Crippen LogP contribution in [0.3, 0.4) is 0 Å². The van der Waals surface area contributed by atoms with Crippen LogP contribution in [-0.2, 0) is 4.79 Å². The Morgan fingerprint density at radius 3 is 2.41 bits per heavy atom. The Morgan fingerprint density at radius 1 is 1.07 bits per heavy atom. The zero-order chi connectivity index (χ0) is 19.1. The van der Waals surface area contributed by atoms with Gasteiger partial charge in [0.25, 0.3) is 0 Å². The van der Waals surface area contributed by atoms with Crippen molar-refractivity contribution in [3.63, 3.8) is 0 Å². The number of aromatic nitrogens is 2. The quantitative estimate of drug-likeness (QED) is 0.708. The predicted octanol–water partition coefficient (Wildman–Crippen LogP) is 4.37. The van der Waals surface area contributed by atoms with E-state index in [4.69, 9.17) is 0 Å². The second-order valence-corrected chi connectivity index (χ2v) is 7.27. The molecule has 0 radical (unpaired) electrons. The summed E-state index contributed by atoms with van der Waals surface area (Å²) in [5.41, 5.74) is 2.26. The molecule has 2 aromatic carbocycles. The van der Waals surface area contributed by atoms with E-state index in [1.54, 1.807) is 19.1 Å². The standard InChI is InChI=1S/C19H14F3N3OS/c1-10-17-18(11-6-13(21)8-14(22)7-11)27-9-16(26)23-19(17)25(24-10)15-4-2-12(20)3-5-15/h2-8,18H,9H2,1H3,(H,23,26)/t18-/m0/s1. The lowest BCUT2D eigenvalue weighted by atomic mass is 10.0. The number of nitrogens with zero attached hydrogens (tertiary/aromatic N) is 2. The van der Waals surface area contributed by atoms with Crippen molar-refractivity contribution in [2.75, 3.05) is 11.1 Å². The molecule has 4 nitrogen and oxygen atoms in total. The van der Waals surface area contributed by atoms with Gasteiger partial charge in [-0.2, -0.15) is 5.10 Å². The van der Waals surface area contributed by atoms with Crippen LogP contribution in [0.1, 0.15) is 22.1 Å². The minimum atomic E-state index is -0.681. The highest BCUT2D eigenvalue weighted by molar-refractivity contribution is 8.00. The SMILES string of the molecule is Cc1nn(-c2ccc(F)cc2)c2c1[C@H](c1cc(F)cc(F)c1)SCC(=O)N2. The molecule has 0 fully saturated rings. The maximum atomic E-state index is 13.8. The number of fused-ring (bicyclic) bond motifs is 1. The molecule has 138 valence electrons. The van der Waals surface area contributed by atoms with Crippen LogP contribution in [0.15, 0.2) is 42.5 Å². The molecule has 0 unspecified atom stereocenters. The number of benzene rings is 2. The fourth-order valence-electron chi connectivity index (χ4n) is 3.14. The summed E-state index contributed by atoms with van der Waals surface area (Å²) >= 11 is 1.27. The van der Waals surface area contributed by atoms with Gasteiger partial charge in [-0.05, 0) is 48.9 Å². The van der Waals surface area contributed by atoms with E-state index in [9.17, 15) is 18.0 Å². The van der Waals surface area contributed by atoms with Gasteiger partial charge in [-0.25, -0.2) is 17.9 Å². The molecule has 0 saturated heterocycles. The third-order valence-electron chi connectivity index (χ3n) is 4.27. The van der Waals surface area contributed by atoms with E-state index in [1.165, 1.54) is 40.7 Å². The summed E-state index contributed by atoms with van der Waals surface area (Å²) in [5, 5.41) is 6.81. The highest BCUT2D eigenvalue weighted by atomic mass is 32.2. The van der Waals surface area contributed by atoms with Crippen LogP contribution >= 0.6 is 11.8 Å². The number of carbonyl (C=O) groups excluding carboxylic acids is 1. The van der Waals surface area contributed by atoms with Crippen LogP contribution < -0.4 is 5.32 Å². The lowest BCUT2D eigenvalue weighted by molar-refractivity contribution is -0.113. The number of thioether (sulfide) groups is 1. The molecule has 27 heavy (non-hydrogen) atoms. The third-order valence-corrected chi connectivity index (χ3v) is 5.54. The third kappa shape index (κ3) is 3.32. The minimum absolute atomic E-state index is 0.125. The van der Waals surface area contributed by atoms with Crippen LogP contribution in [0, 0.1) is 24.4 Å². The van der Waals surface area contributed by atoms with Crippen LogP contribution in [0.2, 0.25) is 0 Å². The van der Waals surface area contributed by atoms with Gasteiger partial charge in [0, 0.05) is 11.6 Å². The first kappa shape index (κ1) is 17.7. The Kier molecular flexibility index (Phi) is 4.43. The van der Waals surface area contributed by atoms with Gasteiger partial charge in [0.1, 0.15) is 23.3 Å². The normalized spacial score (nSPS) is 16.6. The van der Waals surface area contributed by atoms with E-state index in [-0.39, 0.29) is 17.5 Å². The van der Waals surface area contributed by atoms with Crippen molar-refractivity contribution >= 4 is 23.5 Å². The van der Waals surface area contributed by atoms with Gasteiger partial charge in [-0.1, -0.05) is 0 Å². The molecule has 2 heterocycles. The molecule has 3 aromatic rings. The first-order chi connectivity index (χ1) is 12.9. The van der Waals surface area contributed by atoms with Crippen molar-refractivity contribution < 1.29 is 18.0 Å². The maximum absolute atomic E-state index is 13.8. The average Bonchev–Trinajstić information content (AvgIpc) is 2.81. The van der Waals surface area contributed by atoms with Crippen LogP contribution in [0.25, 0.3) is 5.69 Å². The Balaban J connectivity index is 1.90. The Bertz CT molecular complexity index is 1010. The number of hydrogen-bond acceptors (Lipinski definition) is 3. The molecular weight excluding hydrogens is 375 g/mol. The largest absolute Gasteiger partial charge is 0.310 e. The van der Waals surface area contributed by atoms with Crippen molar-refractivity contribution in [3.05, 3.63) is 76.7 Å². The van der Waals surface area contributed by atoms with E-state index >= 15 is 0 Å². The highest BCUT2D eigenvalue weighted by Gasteiger charge is 2.31. The molecule has 1 N–H and O–H groups in total. The molecule has 1 atom stereocenters. The van der Waals surface area contributed by atoms with Crippen molar-refractivity contribution in [1.82, 2.24) is 9.78 Å². The summed E-state index contributed by atoms with van der Waals surface area (Å²) < 4.78 is 42.3. The topological polar surface area (TPSA) is 46.9 Å². The van der Waals surface area contributed by atoms with Gasteiger partial charge < -0.3 is 5.32 Å². The van der Waals surface area contributed by atoms with Gasteiger partial charge >= 0.3 is 0 Å². The van der Waals surface area contributed by atoms with Crippen LogP contribution in [0.4, 0.5) is 19.0 Å². The molecular formula is C19H14F3N3OS. The van der Waals surface area contributed by atoms with E-state index in [0.29, 0.717) is 28.3 Å². The highest BCUT2D eigenvalue weighted by Crippen LogP contribution is 2.44. The molecule has 0 saturated carbocycles. The molecule has 1 amide bonds. The number of aryl methyl sites for hydroxylation is 1. The zero-order valence-corrected chi connectivity index (χ0v) is 15.0. The van der Waals surface area contributed by atoms with Crippen molar-refractivity contribution in [3.8, 4) is 5.69 Å². The first-order valence-corrected chi connectivity index (χ1v) is 9.20. The summed E-state index contributed by atoms with van der Waals surface area (Å²) in [6.07, 6.45) is 0. The van der Waals surface area contributed by atoms with Crippen molar-refractivity contribution in [1.29, 1.82) is 0 Å². The number of halogens is 3. The molecule has 0 bridgehead atoms. The summed E-state index contributed by atoms with van der Waals surface area (Å²) in [5.74, 6) is -1.45. The Labute approximate surface area is 157 Å². The smallest absolute Gasteiger partial charge is 0.235 e. The van der Waals surface area contributed by atoms with Gasteiger partial charge in [0.2, 0.25) is 5.91 Å². The Hall–Kier alpha value is -2.74. The molecule has 1 aliphatic rings. The molecule has 0 aliphatic carbocycles. The molecule has 0 spiro atoms. The van der Waals surface area contributed by atoms with Crippen LogP contribution in [-0.4, -0.2) is 21.4 Å². The number of nitrogens with one attached hydrogen (secondary N) is 1. The second-order valence-electron chi connectivity index (χ2n) is 6.18. The number of carbonyl (C=O) groups is 1. The monoisotopic (exact) mass is 389 g/mol. The summed E-state index contributed by atoms with van der Waals surface area (Å²) in [6, 6.07) is 9.01. The fourth-order valence-corrected chi connectivity index (χ4v) is 4.31. The van der Waals surface area contributed by atoms with Crippen LogP contribution in [0.5, 0.6) is 0 Å². The van der Waals surface area contributed by atoms with E-state index < -0.39 is 16.9 Å². The predicted molar refractivity (Wildman–Crippen MR) is 97.5 cm³/mol. The summed E-state index contributed by atoms with van der Waals surface area (Å²) in [4.78, 5) is 12.2.